The van der Waals surface area contributed by atoms with Gasteiger partial charge in [-0.15, -0.1) is 0 Å². The molecule has 1 unspecified atom stereocenters. The van der Waals surface area contributed by atoms with Crippen molar-refractivity contribution in [2.75, 3.05) is 13.2 Å². The van der Waals surface area contributed by atoms with Gasteiger partial charge in [-0.1, -0.05) is 6.07 Å². The molecule has 3 rings (SSSR count). The summed E-state index contributed by atoms with van der Waals surface area (Å²) in [4.78, 5) is 4.47. The molecule has 1 fully saturated rings. The minimum absolute atomic E-state index is 0.241. The lowest BCUT2D eigenvalue weighted by Crippen LogP contribution is -2.11. The number of imidazole rings is 1. The molecule has 0 radical (unpaired) electrons. The van der Waals surface area contributed by atoms with Gasteiger partial charge in [-0.05, 0) is 18.6 Å². The number of pyridine rings is 1. The molecule has 0 spiro atoms. The smallest absolute Gasteiger partial charge is 0.137 e. The molecular weight excluding hydrogens is 204 g/mol. The average molecular weight is 218 g/mol. The Morgan fingerprint density at radius 3 is 3.31 bits per heavy atom. The maximum Gasteiger partial charge on any atom is 0.137 e. The van der Waals surface area contributed by atoms with E-state index < -0.39 is 0 Å². The van der Waals surface area contributed by atoms with Crippen LogP contribution in [0.25, 0.3) is 5.65 Å². The molecule has 1 aliphatic rings. The van der Waals surface area contributed by atoms with Crippen LogP contribution in [0.4, 0.5) is 0 Å². The molecule has 1 aliphatic heterocycles. The molecule has 0 saturated carbocycles. The Balaban J connectivity index is 1.69. The quantitative estimate of drug-likeness (QED) is 0.785. The molecule has 3 heterocycles. The van der Waals surface area contributed by atoms with Gasteiger partial charge in [0.05, 0.1) is 25.0 Å². The molecule has 84 valence electrons. The lowest BCUT2D eigenvalue weighted by atomic mass is 10.3. The normalized spacial score (nSPS) is 20.6. The lowest BCUT2D eigenvalue weighted by Gasteiger charge is -2.07. The number of rotatable bonds is 3. The summed E-state index contributed by atoms with van der Waals surface area (Å²) in [7, 11) is 0. The van der Waals surface area contributed by atoms with E-state index in [2.05, 4.69) is 4.98 Å². The second-order valence-corrected chi connectivity index (χ2v) is 3.99. The summed E-state index contributed by atoms with van der Waals surface area (Å²) in [5, 5.41) is 0. The fourth-order valence-corrected chi connectivity index (χ4v) is 1.90. The van der Waals surface area contributed by atoms with Crippen LogP contribution in [0.15, 0.2) is 30.6 Å². The van der Waals surface area contributed by atoms with Gasteiger partial charge in [0, 0.05) is 19.0 Å². The monoisotopic (exact) mass is 218 g/mol. The number of fused-ring (bicyclic) bond motifs is 1. The second kappa shape index (κ2) is 4.23. The van der Waals surface area contributed by atoms with Crippen molar-refractivity contribution in [2.24, 2.45) is 0 Å². The highest BCUT2D eigenvalue weighted by Crippen LogP contribution is 2.12. The van der Waals surface area contributed by atoms with Gasteiger partial charge in [-0.25, -0.2) is 4.98 Å². The summed E-state index contributed by atoms with van der Waals surface area (Å²) >= 11 is 0. The van der Waals surface area contributed by atoms with Crippen LogP contribution in [0.3, 0.4) is 0 Å². The van der Waals surface area contributed by atoms with Gasteiger partial charge in [-0.2, -0.15) is 0 Å². The topological polar surface area (TPSA) is 35.8 Å². The second-order valence-electron chi connectivity index (χ2n) is 3.99. The number of nitrogens with zero attached hydrogens (tertiary/aromatic N) is 2. The van der Waals surface area contributed by atoms with Crippen LogP contribution in [-0.4, -0.2) is 28.7 Å². The summed E-state index contributed by atoms with van der Waals surface area (Å²) in [5.41, 5.74) is 1.93. The van der Waals surface area contributed by atoms with Gasteiger partial charge in [0.1, 0.15) is 5.65 Å². The van der Waals surface area contributed by atoms with E-state index in [4.69, 9.17) is 9.47 Å². The van der Waals surface area contributed by atoms with Gasteiger partial charge in [-0.3, -0.25) is 0 Å². The minimum Gasteiger partial charge on any atom is -0.379 e. The Kier molecular flexibility index (Phi) is 2.60. The maximum atomic E-state index is 5.72. The molecule has 0 aromatic carbocycles. The highest BCUT2D eigenvalue weighted by atomic mass is 16.5. The zero-order chi connectivity index (χ0) is 10.8. The molecule has 0 aliphatic carbocycles. The van der Waals surface area contributed by atoms with E-state index in [1.807, 2.05) is 35.0 Å². The zero-order valence-corrected chi connectivity index (χ0v) is 9.00. The number of aromatic nitrogens is 2. The zero-order valence-electron chi connectivity index (χ0n) is 9.00. The van der Waals surface area contributed by atoms with E-state index in [-0.39, 0.29) is 6.10 Å². The van der Waals surface area contributed by atoms with Gasteiger partial charge in [0.25, 0.3) is 0 Å². The van der Waals surface area contributed by atoms with Crippen molar-refractivity contribution in [3.63, 3.8) is 0 Å². The SMILES string of the molecule is c1ccn2cc(COC3CCOC3)nc2c1. The third kappa shape index (κ3) is 1.94. The first kappa shape index (κ1) is 9.81. The van der Waals surface area contributed by atoms with Crippen LogP contribution < -0.4 is 0 Å². The van der Waals surface area contributed by atoms with Crippen molar-refractivity contribution >= 4 is 5.65 Å². The predicted octanol–water partition coefficient (Wildman–Crippen LogP) is 1.64. The first-order chi connectivity index (χ1) is 7.92. The van der Waals surface area contributed by atoms with E-state index in [9.17, 15) is 0 Å². The van der Waals surface area contributed by atoms with Crippen molar-refractivity contribution in [3.05, 3.63) is 36.3 Å². The molecule has 0 N–H and O–H groups in total. The van der Waals surface area contributed by atoms with Crippen molar-refractivity contribution in [1.29, 1.82) is 0 Å². The first-order valence-electron chi connectivity index (χ1n) is 5.54. The van der Waals surface area contributed by atoms with Crippen LogP contribution in [0, 0.1) is 0 Å². The van der Waals surface area contributed by atoms with E-state index in [1.165, 1.54) is 0 Å². The average Bonchev–Trinajstić information content (AvgIpc) is 2.95. The van der Waals surface area contributed by atoms with Crippen molar-refractivity contribution in [1.82, 2.24) is 9.38 Å². The van der Waals surface area contributed by atoms with Gasteiger partial charge < -0.3 is 13.9 Å². The third-order valence-electron chi connectivity index (χ3n) is 2.77. The van der Waals surface area contributed by atoms with Crippen molar-refractivity contribution in [3.8, 4) is 0 Å². The van der Waals surface area contributed by atoms with Crippen LogP contribution in [0.1, 0.15) is 12.1 Å². The van der Waals surface area contributed by atoms with Crippen molar-refractivity contribution < 1.29 is 9.47 Å². The molecule has 2 aromatic rings. The van der Waals surface area contributed by atoms with Crippen molar-refractivity contribution in [2.45, 2.75) is 19.1 Å². The largest absolute Gasteiger partial charge is 0.379 e. The molecule has 0 bridgehead atoms. The van der Waals surface area contributed by atoms with Crippen LogP contribution >= 0.6 is 0 Å². The Morgan fingerprint density at radius 2 is 2.50 bits per heavy atom. The Bertz CT molecular complexity index is 442. The van der Waals surface area contributed by atoms with Crippen LogP contribution in [-0.2, 0) is 16.1 Å². The molecule has 1 saturated heterocycles. The minimum atomic E-state index is 0.241. The molecular formula is C12H14N2O2. The van der Waals surface area contributed by atoms with Gasteiger partial charge in [0.15, 0.2) is 0 Å². The fraction of sp³-hybridized carbons (Fsp3) is 0.417. The predicted molar refractivity (Wildman–Crippen MR) is 59.2 cm³/mol. The lowest BCUT2D eigenvalue weighted by molar-refractivity contribution is 0.0303. The molecule has 4 nitrogen and oxygen atoms in total. The third-order valence-corrected chi connectivity index (χ3v) is 2.77. The van der Waals surface area contributed by atoms with Crippen LogP contribution in [0.5, 0.6) is 0 Å². The van der Waals surface area contributed by atoms with Gasteiger partial charge in [0.2, 0.25) is 0 Å². The first-order valence-corrected chi connectivity index (χ1v) is 5.54. The summed E-state index contributed by atoms with van der Waals surface area (Å²) in [6.07, 6.45) is 5.23. The molecule has 1 atom stereocenters. The number of hydrogen-bond donors (Lipinski definition) is 0. The standard InChI is InChI=1S/C12H14N2O2/c1-2-5-14-7-10(13-12(14)3-1)8-16-11-4-6-15-9-11/h1-3,5,7,11H,4,6,8-9H2. The highest BCUT2D eigenvalue weighted by molar-refractivity contribution is 5.39. The fourth-order valence-electron chi connectivity index (χ4n) is 1.90. The molecule has 0 amide bonds. The summed E-state index contributed by atoms with van der Waals surface area (Å²) in [6, 6.07) is 5.96. The number of hydrogen-bond acceptors (Lipinski definition) is 3. The Hall–Kier alpha value is -1.39. The highest BCUT2D eigenvalue weighted by Gasteiger charge is 2.16. The Labute approximate surface area is 93.8 Å². The van der Waals surface area contributed by atoms with Gasteiger partial charge >= 0.3 is 0 Å². The van der Waals surface area contributed by atoms with E-state index in [0.29, 0.717) is 13.2 Å². The maximum absolute atomic E-state index is 5.72. The van der Waals surface area contributed by atoms with Crippen LogP contribution in [0.2, 0.25) is 0 Å². The van der Waals surface area contributed by atoms with E-state index >= 15 is 0 Å². The molecule has 16 heavy (non-hydrogen) atoms. The molecule has 4 heteroatoms. The van der Waals surface area contributed by atoms with E-state index in [0.717, 1.165) is 24.4 Å². The summed E-state index contributed by atoms with van der Waals surface area (Å²) in [5.74, 6) is 0. The van der Waals surface area contributed by atoms with E-state index in [1.54, 1.807) is 0 Å². The summed E-state index contributed by atoms with van der Waals surface area (Å²) < 4.78 is 13.0. The summed E-state index contributed by atoms with van der Waals surface area (Å²) in [6.45, 7) is 2.10. The molecule has 2 aromatic heterocycles. The Morgan fingerprint density at radius 1 is 1.50 bits per heavy atom. The number of ether oxygens (including phenoxy) is 2.